The number of ketones is 1. The first-order chi connectivity index (χ1) is 8.16. The fraction of sp³-hybridized carbons (Fsp3) is 0.100. The lowest BCUT2D eigenvalue weighted by Gasteiger charge is -2.01. The van der Waals surface area contributed by atoms with Crippen molar-refractivity contribution < 1.29 is 15.0 Å². The number of hydrogen-bond donors (Lipinski definition) is 3. The van der Waals surface area contributed by atoms with Crippen LogP contribution in [0.3, 0.4) is 0 Å². The number of benzene rings is 1. The van der Waals surface area contributed by atoms with Crippen molar-refractivity contribution in [3.63, 3.8) is 0 Å². The Morgan fingerprint density at radius 3 is 2.82 bits per heavy atom. The lowest BCUT2D eigenvalue weighted by molar-refractivity contribution is 0.102. The Bertz CT molecular complexity index is 528. The van der Waals surface area contributed by atoms with Crippen molar-refractivity contribution in [2.24, 2.45) is 0 Å². The van der Waals surface area contributed by atoms with Gasteiger partial charge in [-0.3, -0.25) is 9.89 Å². The summed E-state index contributed by atoms with van der Waals surface area (Å²) in [6, 6.07) is 3.97. The van der Waals surface area contributed by atoms with Gasteiger partial charge in [0.2, 0.25) is 0 Å². The Kier molecular flexibility index (Phi) is 3.29. The molecule has 0 amide bonds. The van der Waals surface area contributed by atoms with Crippen molar-refractivity contribution in [2.45, 2.75) is 5.16 Å². The van der Waals surface area contributed by atoms with E-state index >= 15 is 0 Å². The molecule has 0 atom stereocenters. The molecule has 0 saturated heterocycles. The van der Waals surface area contributed by atoms with E-state index in [1.165, 1.54) is 36.3 Å². The van der Waals surface area contributed by atoms with Crippen molar-refractivity contribution in [3.8, 4) is 11.5 Å². The lowest BCUT2D eigenvalue weighted by Crippen LogP contribution is -2.02. The normalized spacial score (nSPS) is 10.4. The van der Waals surface area contributed by atoms with Gasteiger partial charge >= 0.3 is 0 Å². The number of H-pyrrole nitrogens is 1. The number of aromatic amines is 1. The fourth-order valence-electron chi connectivity index (χ4n) is 1.18. The number of hydrogen-bond acceptors (Lipinski definition) is 6. The van der Waals surface area contributed by atoms with E-state index in [2.05, 4.69) is 15.2 Å². The van der Waals surface area contributed by atoms with Crippen LogP contribution in [0.25, 0.3) is 0 Å². The van der Waals surface area contributed by atoms with Crippen LogP contribution in [0, 0.1) is 0 Å². The maximum absolute atomic E-state index is 11.7. The molecule has 0 fully saturated rings. The molecule has 17 heavy (non-hydrogen) atoms. The van der Waals surface area contributed by atoms with E-state index in [1.54, 1.807) is 0 Å². The molecule has 0 spiro atoms. The molecule has 88 valence electrons. The highest BCUT2D eigenvalue weighted by atomic mass is 32.2. The molecule has 6 nitrogen and oxygen atoms in total. The van der Waals surface area contributed by atoms with Crippen LogP contribution in [0.4, 0.5) is 0 Å². The number of carbonyl (C=O) groups is 1. The zero-order valence-corrected chi connectivity index (χ0v) is 9.44. The first-order valence-corrected chi connectivity index (χ1v) is 5.68. The number of aromatic hydroxyl groups is 2. The van der Waals surface area contributed by atoms with Crippen LogP contribution >= 0.6 is 11.8 Å². The second-order valence-corrected chi connectivity index (χ2v) is 4.17. The predicted molar refractivity (Wildman–Crippen MR) is 61.2 cm³/mol. The Balaban J connectivity index is 2.02. The van der Waals surface area contributed by atoms with Crippen LogP contribution in [0.15, 0.2) is 29.7 Å². The SMILES string of the molecule is O=C(CSc1ncn[nH]1)c1ccc(O)c(O)c1. The van der Waals surface area contributed by atoms with Gasteiger partial charge in [0.25, 0.3) is 0 Å². The molecule has 2 aromatic rings. The molecule has 1 heterocycles. The van der Waals surface area contributed by atoms with Gasteiger partial charge in [-0.05, 0) is 18.2 Å². The minimum absolute atomic E-state index is 0.165. The second kappa shape index (κ2) is 4.88. The molecule has 0 aliphatic rings. The van der Waals surface area contributed by atoms with Crippen molar-refractivity contribution in [1.82, 2.24) is 15.2 Å². The predicted octanol–water partition coefficient (Wildman–Crippen LogP) is 1.19. The number of Topliss-reactive ketones (excluding diaryl/α,β-unsaturated/α-hetero) is 1. The highest BCUT2D eigenvalue weighted by Crippen LogP contribution is 2.25. The van der Waals surface area contributed by atoms with E-state index in [-0.39, 0.29) is 23.0 Å². The summed E-state index contributed by atoms with van der Waals surface area (Å²) in [7, 11) is 0. The van der Waals surface area contributed by atoms with Crippen LogP contribution in [0.1, 0.15) is 10.4 Å². The Hall–Kier alpha value is -2.02. The van der Waals surface area contributed by atoms with Crippen LogP contribution in [0.5, 0.6) is 11.5 Å². The summed E-state index contributed by atoms with van der Waals surface area (Å²) in [6.45, 7) is 0. The summed E-state index contributed by atoms with van der Waals surface area (Å²) in [4.78, 5) is 15.6. The van der Waals surface area contributed by atoms with Crippen molar-refractivity contribution in [2.75, 3.05) is 5.75 Å². The third kappa shape index (κ3) is 2.76. The molecule has 7 heteroatoms. The zero-order chi connectivity index (χ0) is 12.3. The van der Waals surface area contributed by atoms with Gasteiger partial charge < -0.3 is 10.2 Å². The Morgan fingerprint density at radius 2 is 2.18 bits per heavy atom. The van der Waals surface area contributed by atoms with Crippen LogP contribution in [-0.2, 0) is 0 Å². The van der Waals surface area contributed by atoms with Gasteiger partial charge in [-0.1, -0.05) is 11.8 Å². The standard InChI is InChI=1S/C10H9N3O3S/c14-7-2-1-6(3-8(7)15)9(16)4-17-10-11-5-12-13-10/h1-3,5,14-15H,4H2,(H,11,12,13). The third-order valence-electron chi connectivity index (χ3n) is 2.03. The quantitative estimate of drug-likeness (QED) is 0.429. The number of carbonyl (C=O) groups excluding carboxylic acids is 1. The molecule has 1 aromatic heterocycles. The molecule has 0 bridgehead atoms. The molecule has 1 aromatic carbocycles. The highest BCUT2D eigenvalue weighted by molar-refractivity contribution is 7.99. The lowest BCUT2D eigenvalue weighted by atomic mass is 10.1. The molecule has 0 aliphatic heterocycles. The average molecular weight is 251 g/mol. The smallest absolute Gasteiger partial charge is 0.183 e. The highest BCUT2D eigenvalue weighted by Gasteiger charge is 2.10. The molecule has 0 radical (unpaired) electrons. The maximum atomic E-state index is 11.7. The number of nitrogens with one attached hydrogen (secondary N) is 1. The third-order valence-corrected chi connectivity index (χ3v) is 2.91. The van der Waals surface area contributed by atoms with Gasteiger partial charge in [-0.15, -0.1) is 0 Å². The topological polar surface area (TPSA) is 99.1 Å². The summed E-state index contributed by atoms with van der Waals surface area (Å²) in [5, 5.41) is 25.2. The Labute approximate surface area is 101 Å². The van der Waals surface area contributed by atoms with Crippen molar-refractivity contribution >= 4 is 17.5 Å². The summed E-state index contributed by atoms with van der Waals surface area (Å²) < 4.78 is 0. The minimum atomic E-state index is -0.305. The molecule has 0 unspecified atom stereocenters. The monoisotopic (exact) mass is 251 g/mol. The van der Waals surface area contributed by atoms with Gasteiger partial charge in [0.05, 0.1) is 5.75 Å². The van der Waals surface area contributed by atoms with Crippen molar-refractivity contribution in [3.05, 3.63) is 30.1 Å². The van der Waals surface area contributed by atoms with E-state index in [0.29, 0.717) is 10.7 Å². The summed E-state index contributed by atoms with van der Waals surface area (Å²) >= 11 is 1.22. The van der Waals surface area contributed by atoms with E-state index < -0.39 is 0 Å². The van der Waals surface area contributed by atoms with Crippen LogP contribution in [-0.4, -0.2) is 36.9 Å². The largest absolute Gasteiger partial charge is 0.504 e. The van der Waals surface area contributed by atoms with Gasteiger partial charge in [0.15, 0.2) is 22.4 Å². The van der Waals surface area contributed by atoms with E-state index in [4.69, 9.17) is 5.11 Å². The number of rotatable bonds is 4. The van der Waals surface area contributed by atoms with E-state index in [1.807, 2.05) is 0 Å². The molecule has 3 N–H and O–H groups in total. The average Bonchev–Trinajstić information content (AvgIpc) is 2.82. The summed E-state index contributed by atoms with van der Waals surface area (Å²) in [6.07, 6.45) is 1.36. The molecule has 2 rings (SSSR count). The van der Waals surface area contributed by atoms with Crippen LogP contribution < -0.4 is 0 Å². The van der Waals surface area contributed by atoms with Crippen molar-refractivity contribution in [1.29, 1.82) is 0 Å². The number of aromatic nitrogens is 3. The van der Waals surface area contributed by atoms with Gasteiger partial charge in [-0.2, -0.15) is 5.10 Å². The molecular weight excluding hydrogens is 242 g/mol. The number of thioether (sulfide) groups is 1. The molecule has 0 aliphatic carbocycles. The first kappa shape index (κ1) is 11.5. The fourth-order valence-corrected chi connectivity index (χ4v) is 1.85. The second-order valence-electron chi connectivity index (χ2n) is 3.21. The van der Waals surface area contributed by atoms with E-state index in [9.17, 15) is 9.90 Å². The number of phenolic OH excluding ortho intramolecular Hbond substituents is 2. The number of nitrogens with zero attached hydrogens (tertiary/aromatic N) is 2. The Morgan fingerprint density at radius 1 is 1.35 bits per heavy atom. The van der Waals surface area contributed by atoms with Gasteiger partial charge in [0, 0.05) is 5.56 Å². The number of phenols is 2. The van der Waals surface area contributed by atoms with E-state index in [0.717, 1.165) is 0 Å². The summed E-state index contributed by atoms with van der Waals surface area (Å²) in [5.41, 5.74) is 0.340. The minimum Gasteiger partial charge on any atom is -0.504 e. The molecular formula is C10H9N3O3S. The van der Waals surface area contributed by atoms with Gasteiger partial charge in [-0.25, -0.2) is 4.98 Å². The van der Waals surface area contributed by atoms with Crippen LogP contribution in [0.2, 0.25) is 0 Å². The zero-order valence-electron chi connectivity index (χ0n) is 8.62. The summed E-state index contributed by atoms with van der Waals surface area (Å²) in [5.74, 6) is -0.536. The molecule has 0 saturated carbocycles. The first-order valence-electron chi connectivity index (χ1n) is 4.70. The van der Waals surface area contributed by atoms with Gasteiger partial charge in [0.1, 0.15) is 6.33 Å². The maximum Gasteiger partial charge on any atom is 0.183 e.